The van der Waals surface area contributed by atoms with Gasteiger partial charge in [0.25, 0.3) is 11.1 Å². The summed E-state index contributed by atoms with van der Waals surface area (Å²) in [5, 5.41) is 9.61. The minimum Gasteiger partial charge on any atom is -0.287 e. The number of pyridine rings is 2. The van der Waals surface area contributed by atoms with Crippen molar-refractivity contribution < 1.29 is 0 Å². The second-order valence-electron chi connectivity index (χ2n) is 6.59. The first-order chi connectivity index (χ1) is 13.0. The van der Waals surface area contributed by atoms with Crippen LogP contribution in [0, 0.1) is 25.2 Å². The molecule has 0 unspecified atom stereocenters. The first-order valence-corrected chi connectivity index (χ1v) is 8.51. The van der Waals surface area contributed by atoms with Crippen molar-refractivity contribution in [3.05, 3.63) is 91.6 Å². The molecule has 27 heavy (non-hydrogen) atoms. The van der Waals surface area contributed by atoms with Crippen LogP contribution in [0.15, 0.2) is 58.3 Å². The highest BCUT2D eigenvalue weighted by Crippen LogP contribution is 2.14. The van der Waals surface area contributed by atoms with Crippen LogP contribution in [0.4, 0.5) is 0 Å². The van der Waals surface area contributed by atoms with E-state index in [1.165, 1.54) is 15.0 Å². The second-order valence-corrected chi connectivity index (χ2v) is 6.59. The van der Waals surface area contributed by atoms with E-state index in [0.717, 1.165) is 16.7 Å². The molecule has 0 aliphatic heterocycles. The van der Waals surface area contributed by atoms with Gasteiger partial charge in [-0.3, -0.25) is 18.6 Å². The molecule has 0 spiro atoms. The Labute approximate surface area is 154 Å². The molecule has 132 valence electrons. The fourth-order valence-corrected chi connectivity index (χ4v) is 3.18. The van der Waals surface area contributed by atoms with E-state index in [0.29, 0.717) is 11.3 Å². The third-order valence-corrected chi connectivity index (χ3v) is 4.67. The molecule has 0 bridgehead atoms. The van der Waals surface area contributed by atoms with Crippen LogP contribution in [0.25, 0.3) is 16.7 Å². The van der Waals surface area contributed by atoms with E-state index in [4.69, 9.17) is 0 Å². The molecule has 3 heterocycles. The molecule has 0 atom stereocenters. The predicted molar refractivity (Wildman–Crippen MR) is 103 cm³/mol. The number of aromatic nitrogens is 3. The predicted octanol–water partition coefficient (Wildman–Crippen LogP) is 2.55. The number of fused-ring (bicyclic) bond motifs is 2. The Balaban J connectivity index is 2.11. The fraction of sp³-hybridized carbons (Fsp3) is 0.143. The Hall–Kier alpha value is -3.72. The normalized spacial score (nSPS) is 11.0. The summed E-state index contributed by atoms with van der Waals surface area (Å²) in [6.07, 6.45) is 1.64. The molecule has 4 aromatic rings. The largest absolute Gasteiger partial charge is 0.287 e. The molecular formula is C21H16N4O2. The smallest absolute Gasteiger partial charge is 0.270 e. The molecule has 0 saturated carbocycles. The van der Waals surface area contributed by atoms with Gasteiger partial charge >= 0.3 is 0 Å². The van der Waals surface area contributed by atoms with Gasteiger partial charge < -0.3 is 0 Å². The van der Waals surface area contributed by atoms with E-state index in [2.05, 4.69) is 4.98 Å². The Morgan fingerprint density at radius 3 is 2.48 bits per heavy atom. The summed E-state index contributed by atoms with van der Waals surface area (Å²) < 4.78 is 2.85. The molecule has 0 radical (unpaired) electrons. The molecule has 3 aromatic heterocycles. The highest BCUT2D eigenvalue weighted by molar-refractivity contribution is 5.78. The van der Waals surface area contributed by atoms with Crippen molar-refractivity contribution in [2.45, 2.75) is 20.4 Å². The van der Waals surface area contributed by atoms with Gasteiger partial charge in [-0.25, -0.2) is 4.98 Å². The van der Waals surface area contributed by atoms with E-state index in [1.54, 1.807) is 12.3 Å². The van der Waals surface area contributed by atoms with Gasteiger partial charge in [0.1, 0.15) is 17.3 Å². The molecule has 0 aliphatic carbocycles. The Morgan fingerprint density at radius 1 is 1.04 bits per heavy atom. The highest BCUT2D eigenvalue weighted by Gasteiger charge is 2.15. The number of hydrogen-bond donors (Lipinski definition) is 0. The molecule has 6 nitrogen and oxygen atoms in total. The van der Waals surface area contributed by atoms with Crippen molar-refractivity contribution in [3.63, 3.8) is 0 Å². The summed E-state index contributed by atoms with van der Waals surface area (Å²) in [7, 11) is 0. The van der Waals surface area contributed by atoms with Crippen LogP contribution in [0.5, 0.6) is 0 Å². The second kappa shape index (κ2) is 6.22. The van der Waals surface area contributed by atoms with Gasteiger partial charge in [-0.05, 0) is 37.1 Å². The standard InChI is InChI=1S/C21H16N4O2/c1-13-5-7-15(8-6-13)12-25-19-17(10-16(11-22)20(25)26)21(27)24-9-3-4-14(2)18(24)23-19/h3-10H,12H2,1-2H3. The van der Waals surface area contributed by atoms with Gasteiger partial charge in [-0.1, -0.05) is 35.9 Å². The van der Waals surface area contributed by atoms with Gasteiger partial charge in [0.15, 0.2) is 5.65 Å². The fourth-order valence-electron chi connectivity index (χ4n) is 3.18. The zero-order chi connectivity index (χ0) is 19.1. The lowest BCUT2D eigenvalue weighted by Gasteiger charge is -2.12. The maximum atomic E-state index is 13.0. The molecule has 0 saturated heterocycles. The summed E-state index contributed by atoms with van der Waals surface area (Å²) >= 11 is 0. The van der Waals surface area contributed by atoms with Crippen molar-refractivity contribution in [1.29, 1.82) is 5.26 Å². The van der Waals surface area contributed by atoms with Gasteiger partial charge in [-0.15, -0.1) is 0 Å². The van der Waals surface area contributed by atoms with Gasteiger partial charge in [0.2, 0.25) is 0 Å². The van der Waals surface area contributed by atoms with Crippen molar-refractivity contribution in [1.82, 2.24) is 14.0 Å². The van der Waals surface area contributed by atoms with Crippen LogP contribution in [0.3, 0.4) is 0 Å². The third kappa shape index (κ3) is 2.70. The van der Waals surface area contributed by atoms with E-state index >= 15 is 0 Å². The maximum Gasteiger partial charge on any atom is 0.270 e. The first kappa shape index (κ1) is 16.7. The highest BCUT2D eigenvalue weighted by atomic mass is 16.1. The summed E-state index contributed by atoms with van der Waals surface area (Å²) in [4.78, 5) is 30.4. The van der Waals surface area contributed by atoms with Gasteiger partial charge in [0.05, 0.1) is 11.9 Å². The number of nitriles is 1. The number of rotatable bonds is 2. The Bertz CT molecular complexity index is 1360. The van der Waals surface area contributed by atoms with Gasteiger partial charge in [-0.2, -0.15) is 5.26 Å². The number of nitrogens with zero attached hydrogens (tertiary/aromatic N) is 4. The lowest BCUT2D eigenvalue weighted by atomic mass is 10.1. The molecule has 1 aromatic carbocycles. The zero-order valence-corrected chi connectivity index (χ0v) is 14.9. The molecular weight excluding hydrogens is 340 g/mol. The van der Waals surface area contributed by atoms with Crippen LogP contribution < -0.4 is 11.1 Å². The average Bonchev–Trinajstić information content (AvgIpc) is 2.67. The zero-order valence-electron chi connectivity index (χ0n) is 14.9. The van der Waals surface area contributed by atoms with E-state index in [9.17, 15) is 14.9 Å². The molecule has 0 aliphatic rings. The lowest BCUT2D eigenvalue weighted by Crippen LogP contribution is -2.28. The first-order valence-electron chi connectivity index (χ1n) is 8.51. The maximum absolute atomic E-state index is 13.0. The summed E-state index contributed by atoms with van der Waals surface area (Å²) in [5.74, 6) is 0. The Morgan fingerprint density at radius 2 is 1.78 bits per heavy atom. The third-order valence-electron chi connectivity index (χ3n) is 4.67. The quantitative estimate of drug-likeness (QED) is 0.517. The van der Waals surface area contributed by atoms with E-state index in [1.807, 2.05) is 50.2 Å². The SMILES string of the molecule is Cc1ccc(Cn2c(=O)c(C#N)cc3c(=O)n4cccc(C)c4nc32)cc1. The van der Waals surface area contributed by atoms with Crippen LogP contribution in [0.2, 0.25) is 0 Å². The van der Waals surface area contributed by atoms with Crippen molar-refractivity contribution in [2.24, 2.45) is 0 Å². The number of benzene rings is 1. The van der Waals surface area contributed by atoms with Crippen LogP contribution in [0.1, 0.15) is 22.3 Å². The minimum atomic E-state index is -0.449. The summed E-state index contributed by atoms with van der Waals surface area (Å²) in [6.45, 7) is 4.08. The molecule has 0 N–H and O–H groups in total. The molecule has 6 heteroatoms. The molecule has 0 fully saturated rings. The minimum absolute atomic E-state index is 0.0684. The van der Waals surface area contributed by atoms with Crippen molar-refractivity contribution in [3.8, 4) is 6.07 Å². The molecule has 4 rings (SSSR count). The van der Waals surface area contributed by atoms with Crippen LogP contribution in [-0.2, 0) is 6.54 Å². The van der Waals surface area contributed by atoms with Crippen molar-refractivity contribution in [2.75, 3.05) is 0 Å². The number of aryl methyl sites for hydroxylation is 2. The Kier molecular flexibility index (Phi) is 3.85. The van der Waals surface area contributed by atoms with E-state index in [-0.39, 0.29) is 23.1 Å². The lowest BCUT2D eigenvalue weighted by molar-refractivity contribution is 0.778. The van der Waals surface area contributed by atoms with E-state index < -0.39 is 5.56 Å². The topological polar surface area (TPSA) is 80.2 Å². The summed E-state index contributed by atoms with van der Waals surface area (Å²) in [6, 6.07) is 14.6. The summed E-state index contributed by atoms with van der Waals surface area (Å²) in [5.41, 5.74) is 2.81. The monoisotopic (exact) mass is 356 g/mol. The molecule has 0 amide bonds. The number of hydrogen-bond acceptors (Lipinski definition) is 4. The van der Waals surface area contributed by atoms with Crippen LogP contribution in [-0.4, -0.2) is 14.0 Å². The van der Waals surface area contributed by atoms with Crippen LogP contribution >= 0.6 is 0 Å². The average molecular weight is 356 g/mol. The van der Waals surface area contributed by atoms with Crippen molar-refractivity contribution >= 4 is 16.7 Å². The van der Waals surface area contributed by atoms with Gasteiger partial charge in [0, 0.05) is 6.20 Å².